The summed E-state index contributed by atoms with van der Waals surface area (Å²) >= 11 is 0. The first-order valence-electron chi connectivity index (χ1n) is 6.68. The van der Waals surface area contributed by atoms with Gasteiger partial charge in [0.2, 0.25) is 17.7 Å². The lowest BCUT2D eigenvalue weighted by molar-refractivity contribution is -0.143. The maximum absolute atomic E-state index is 11.6. The third kappa shape index (κ3) is 9.03. The van der Waals surface area contributed by atoms with Crippen molar-refractivity contribution in [1.82, 2.24) is 16.0 Å². The fourth-order valence-corrected chi connectivity index (χ4v) is 1.46. The molecule has 0 saturated heterocycles. The number of carboxylic acids is 2. The number of nitrogens with two attached hydrogens (primary N) is 1. The first kappa shape index (κ1) is 20.3. The van der Waals surface area contributed by atoms with Crippen molar-refractivity contribution in [2.24, 2.45) is 5.73 Å². The lowest BCUT2D eigenvalue weighted by Crippen LogP contribution is -2.50. The van der Waals surface area contributed by atoms with E-state index >= 15 is 0 Å². The van der Waals surface area contributed by atoms with Gasteiger partial charge in [0.1, 0.15) is 12.1 Å². The highest BCUT2D eigenvalue weighted by molar-refractivity contribution is 5.91. The van der Waals surface area contributed by atoms with E-state index in [0.29, 0.717) is 0 Å². The highest BCUT2D eigenvalue weighted by Gasteiger charge is 2.22. The van der Waals surface area contributed by atoms with Crippen LogP contribution >= 0.6 is 0 Å². The molecule has 0 aliphatic rings. The van der Waals surface area contributed by atoms with E-state index in [1.54, 1.807) is 0 Å². The van der Waals surface area contributed by atoms with E-state index < -0.39 is 54.7 Å². The lowest BCUT2D eigenvalue weighted by atomic mass is 10.1. The van der Waals surface area contributed by atoms with Crippen LogP contribution < -0.4 is 21.7 Å². The van der Waals surface area contributed by atoms with Gasteiger partial charge in [-0.3, -0.25) is 19.2 Å². The van der Waals surface area contributed by atoms with Crippen LogP contribution in [0.3, 0.4) is 0 Å². The maximum Gasteiger partial charge on any atom is 0.326 e. The highest BCUT2D eigenvalue weighted by atomic mass is 16.4. The molecule has 0 heterocycles. The van der Waals surface area contributed by atoms with Gasteiger partial charge in [-0.15, -0.1) is 0 Å². The molecular weight excluding hydrogens is 312 g/mol. The predicted octanol–water partition coefficient (Wildman–Crippen LogP) is -3.00. The topological polar surface area (TPSA) is 188 Å². The molecule has 0 fully saturated rings. The molecule has 0 saturated carbocycles. The molecule has 11 nitrogen and oxygen atoms in total. The van der Waals surface area contributed by atoms with Gasteiger partial charge in [0, 0.05) is 6.42 Å². The van der Waals surface area contributed by atoms with Gasteiger partial charge in [-0.1, -0.05) is 0 Å². The average molecular weight is 332 g/mol. The highest BCUT2D eigenvalue weighted by Crippen LogP contribution is 1.98. The number of carbonyl (C=O) groups is 5. The van der Waals surface area contributed by atoms with E-state index in [9.17, 15) is 24.0 Å². The second-order valence-corrected chi connectivity index (χ2v) is 4.60. The van der Waals surface area contributed by atoms with Crippen molar-refractivity contribution in [2.75, 3.05) is 13.1 Å². The molecule has 11 heteroatoms. The molecule has 0 aliphatic carbocycles. The van der Waals surface area contributed by atoms with Gasteiger partial charge in [-0.05, 0) is 13.3 Å². The van der Waals surface area contributed by atoms with Crippen molar-refractivity contribution < 1.29 is 34.2 Å². The quantitative estimate of drug-likeness (QED) is 0.244. The fraction of sp³-hybridized carbons (Fsp3) is 0.583. The fourth-order valence-electron chi connectivity index (χ4n) is 1.46. The Morgan fingerprint density at radius 3 is 2.13 bits per heavy atom. The zero-order valence-electron chi connectivity index (χ0n) is 12.5. The van der Waals surface area contributed by atoms with E-state index in [1.807, 2.05) is 0 Å². The monoisotopic (exact) mass is 332 g/mol. The van der Waals surface area contributed by atoms with E-state index in [0.717, 1.165) is 0 Å². The molecule has 0 aromatic carbocycles. The Balaban J connectivity index is 4.30. The molecule has 0 bridgehead atoms. The number of carboxylic acid groups (broad SMARTS) is 2. The van der Waals surface area contributed by atoms with Gasteiger partial charge in [0.25, 0.3) is 0 Å². The second-order valence-electron chi connectivity index (χ2n) is 4.60. The molecule has 0 rings (SSSR count). The first-order valence-corrected chi connectivity index (χ1v) is 6.68. The minimum atomic E-state index is -1.38. The van der Waals surface area contributed by atoms with E-state index in [2.05, 4.69) is 16.0 Å². The summed E-state index contributed by atoms with van der Waals surface area (Å²) in [4.78, 5) is 55.5. The zero-order chi connectivity index (χ0) is 18.0. The van der Waals surface area contributed by atoms with Crippen LogP contribution in [0.4, 0.5) is 0 Å². The Morgan fingerprint density at radius 1 is 1.04 bits per heavy atom. The largest absolute Gasteiger partial charge is 0.481 e. The summed E-state index contributed by atoms with van der Waals surface area (Å²) in [5.41, 5.74) is 5.07. The molecule has 0 aliphatic heterocycles. The Labute approximate surface area is 131 Å². The predicted molar refractivity (Wildman–Crippen MR) is 76.1 cm³/mol. The van der Waals surface area contributed by atoms with Crippen LogP contribution in [0.1, 0.15) is 19.8 Å². The second kappa shape index (κ2) is 10.1. The molecule has 130 valence electrons. The molecule has 7 N–H and O–H groups in total. The van der Waals surface area contributed by atoms with Crippen molar-refractivity contribution in [3.05, 3.63) is 0 Å². The van der Waals surface area contributed by atoms with Crippen LogP contribution in [0.15, 0.2) is 0 Å². The SMILES string of the molecule is CC(NC(=O)CN)C(=O)NCC(=O)NC(CCC(=O)O)C(=O)O. The van der Waals surface area contributed by atoms with Crippen molar-refractivity contribution in [3.8, 4) is 0 Å². The number of hydrogen-bond acceptors (Lipinski definition) is 6. The van der Waals surface area contributed by atoms with Crippen molar-refractivity contribution >= 4 is 29.7 Å². The van der Waals surface area contributed by atoms with Crippen LogP contribution in [-0.2, 0) is 24.0 Å². The molecule has 3 amide bonds. The van der Waals surface area contributed by atoms with Gasteiger partial charge in [-0.25, -0.2) is 4.79 Å². The standard InChI is InChI=1S/C12H20N4O7/c1-6(15-8(17)4-13)11(21)14-5-9(18)16-7(12(22)23)2-3-10(19)20/h6-7H,2-5,13H2,1H3,(H,14,21)(H,15,17)(H,16,18)(H,19,20)(H,22,23). The molecule has 2 atom stereocenters. The minimum absolute atomic E-state index is 0.284. The molecule has 0 aromatic rings. The Kier molecular flexibility index (Phi) is 8.92. The summed E-state index contributed by atoms with van der Waals surface area (Å²) in [5, 5.41) is 24.0. The van der Waals surface area contributed by atoms with E-state index in [-0.39, 0.29) is 13.0 Å². The number of hydrogen-bond donors (Lipinski definition) is 6. The number of nitrogens with one attached hydrogen (secondary N) is 3. The smallest absolute Gasteiger partial charge is 0.326 e. The normalized spacial score (nSPS) is 12.6. The van der Waals surface area contributed by atoms with Crippen LogP contribution in [0.5, 0.6) is 0 Å². The Hall–Kier alpha value is -2.69. The lowest BCUT2D eigenvalue weighted by Gasteiger charge is -2.16. The van der Waals surface area contributed by atoms with Gasteiger partial charge >= 0.3 is 11.9 Å². The summed E-state index contributed by atoms with van der Waals surface area (Å²) in [6, 6.07) is -2.29. The summed E-state index contributed by atoms with van der Waals surface area (Å²) in [6.45, 7) is 0.578. The number of aliphatic carboxylic acids is 2. The summed E-state index contributed by atoms with van der Waals surface area (Å²) in [7, 11) is 0. The van der Waals surface area contributed by atoms with Crippen molar-refractivity contribution in [1.29, 1.82) is 0 Å². The maximum atomic E-state index is 11.6. The summed E-state index contributed by atoms with van der Waals surface area (Å²) < 4.78 is 0. The van der Waals surface area contributed by atoms with Crippen molar-refractivity contribution in [3.63, 3.8) is 0 Å². The van der Waals surface area contributed by atoms with Crippen LogP contribution in [-0.4, -0.2) is 65.0 Å². The van der Waals surface area contributed by atoms with Gasteiger partial charge in [0.15, 0.2) is 0 Å². The van der Waals surface area contributed by atoms with Crippen LogP contribution in [0.25, 0.3) is 0 Å². The Bertz CT molecular complexity index is 480. The molecular formula is C12H20N4O7. The average Bonchev–Trinajstić information content (AvgIpc) is 2.47. The van der Waals surface area contributed by atoms with E-state index in [1.165, 1.54) is 6.92 Å². The van der Waals surface area contributed by atoms with Gasteiger partial charge in [0.05, 0.1) is 13.1 Å². The van der Waals surface area contributed by atoms with E-state index in [4.69, 9.17) is 15.9 Å². The first-order chi connectivity index (χ1) is 10.7. The molecule has 0 spiro atoms. The molecule has 23 heavy (non-hydrogen) atoms. The number of rotatable bonds is 10. The number of amides is 3. The van der Waals surface area contributed by atoms with Crippen molar-refractivity contribution in [2.45, 2.75) is 31.8 Å². The summed E-state index contributed by atoms with van der Waals surface area (Å²) in [6.07, 6.45) is -0.709. The summed E-state index contributed by atoms with van der Waals surface area (Å²) in [5.74, 6) is -4.57. The third-order valence-electron chi connectivity index (χ3n) is 2.66. The minimum Gasteiger partial charge on any atom is -0.481 e. The third-order valence-corrected chi connectivity index (χ3v) is 2.66. The molecule has 0 aromatic heterocycles. The van der Waals surface area contributed by atoms with Gasteiger partial charge in [-0.2, -0.15) is 0 Å². The zero-order valence-corrected chi connectivity index (χ0v) is 12.5. The van der Waals surface area contributed by atoms with Crippen LogP contribution in [0.2, 0.25) is 0 Å². The molecule has 0 radical (unpaired) electrons. The van der Waals surface area contributed by atoms with Crippen LogP contribution in [0, 0.1) is 0 Å². The Morgan fingerprint density at radius 2 is 1.65 bits per heavy atom. The number of carbonyl (C=O) groups excluding carboxylic acids is 3. The van der Waals surface area contributed by atoms with Gasteiger partial charge < -0.3 is 31.9 Å². The molecule has 2 unspecified atom stereocenters.